The molecule has 0 spiro atoms. The molecular weight excluding hydrogens is 362 g/mol. The van der Waals surface area contributed by atoms with Crippen molar-refractivity contribution in [1.29, 1.82) is 0 Å². The maximum atomic E-state index is 12.1. The zero-order chi connectivity index (χ0) is 19.1. The molecule has 1 amide bonds. The Kier molecular flexibility index (Phi) is 6.87. The van der Waals surface area contributed by atoms with Gasteiger partial charge in [-0.05, 0) is 37.8 Å². The molecule has 1 aromatic carbocycles. The zero-order valence-electron chi connectivity index (χ0n) is 15.7. The van der Waals surface area contributed by atoms with Crippen LogP contribution >= 0.6 is 11.6 Å². The molecule has 27 heavy (non-hydrogen) atoms. The molecule has 6 nitrogen and oxygen atoms in total. The number of amides is 1. The summed E-state index contributed by atoms with van der Waals surface area (Å²) in [5.41, 5.74) is 0.835. The van der Waals surface area contributed by atoms with E-state index in [0.717, 1.165) is 36.1 Å². The van der Waals surface area contributed by atoms with Gasteiger partial charge in [-0.25, -0.2) is 9.97 Å². The van der Waals surface area contributed by atoms with Crippen LogP contribution in [0.3, 0.4) is 0 Å². The third-order valence-electron chi connectivity index (χ3n) is 4.57. The fourth-order valence-corrected chi connectivity index (χ4v) is 3.40. The highest BCUT2D eigenvalue weighted by atomic mass is 35.5. The number of carbonyl (C=O) groups excluding carboxylic acids is 1. The van der Waals surface area contributed by atoms with E-state index in [1.807, 2.05) is 31.2 Å². The van der Waals surface area contributed by atoms with Gasteiger partial charge in [-0.2, -0.15) is 0 Å². The summed E-state index contributed by atoms with van der Waals surface area (Å²) < 4.78 is 0. The first-order valence-electron chi connectivity index (χ1n) is 9.46. The molecule has 1 aromatic heterocycles. The Balaban J connectivity index is 1.46. The van der Waals surface area contributed by atoms with Crippen molar-refractivity contribution >= 4 is 29.1 Å². The van der Waals surface area contributed by atoms with E-state index in [1.165, 1.54) is 19.3 Å². The Labute approximate surface area is 165 Å². The van der Waals surface area contributed by atoms with Gasteiger partial charge in [0, 0.05) is 37.3 Å². The maximum absolute atomic E-state index is 12.1. The quantitative estimate of drug-likeness (QED) is 0.714. The fraction of sp³-hybridized carbons (Fsp3) is 0.450. The number of hydrogen-bond acceptors (Lipinski definition) is 5. The van der Waals surface area contributed by atoms with E-state index in [1.54, 1.807) is 6.07 Å². The molecule has 0 radical (unpaired) electrons. The lowest BCUT2D eigenvalue weighted by molar-refractivity contribution is -0.120. The number of rotatable bonds is 7. The largest absolute Gasteiger partial charge is 0.368 e. The number of anilines is 2. The predicted octanol–water partition coefficient (Wildman–Crippen LogP) is 3.20. The molecule has 0 bridgehead atoms. The van der Waals surface area contributed by atoms with E-state index >= 15 is 0 Å². The van der Waals surface area contributed by atoms with Crippen LogP contribution in [-0.2, 0) is 11.2 Å². The topological polar surface area (TPSA) is 70.2 Å². The first-order valence-corrected chi connectivity index (χ1v) is 9.84. The molecule has 2 heterocycles. The predicted molar refractivity (Wildman–Crippen MR) is 109 cm³/mol. The van der Waals surface area contributed by atoms with Crippen molar-refractivity contribution in [3.63, 3.8) is 0 Å². The normalized spacial score (nSPS) is 14.1. The minimum absolute atomic E-state index is 0.0437. The molecule has 0 unspecified atom stereocenters. The molecule has 1 aliphatic rings. The van der Waals surface area contributed by atoms with E-state index in [9.17, 15) is 4.79 Å². The van der Waals surface area contributed by atoms with Gasteiger partial charge in [0.1, 0.15) is 17.5 Å². The first-order chi connectivity index (χ1) is 13.1. The Bertz CT molecular complexity index is 777. The van der Waals surface area contributed by atoms with Crippen molar-refractivity contribution in [2.75, 3.05) is 36.4 Å². The lowest BCUT2D eigenvalue weighted by Gasteiger charge is -2.28. The summed E-state index contributed by atoms with van der Waals surface area (Å²) in [4.78, 5) is 23.4. The SMILES string of the molecule is Cc1nc(NCCNC(=O)Cc2ccccc2Cl)cc(N2CCCCC2)n1. The molecule has 2 aromatic rings. The molecule has 3 rings (SSSR count). The minimum Gasteiger partial charge on any atom is -0.368 e. The third-order valence-corrected chi connectivity index (χ3v) is 4.94. The van der Waals surface area contributed by atoms with Crippen LogP contribution in [0.4, 0.5) is 11.6 Å². The number of piperidine rings is 1. The average Bonchev–Trinajstić information content (AvgIpc) is 2.67. The third kappa shape index (κ3) is 5.82. The Morgan fingerprint density at radius 3 is 2.70 bits per heavy atom. The van der Waals surface area contributed by atoms with Crippen molar-refractivity contribution < 1.29 is 4.79 Å². The summed E-state index contributed by atoms with van der Waals surface area (Å²) >= 11 is 6.09. The second-order valence-electron chi connectivity index (χ2n) is 6.75. The summed E-state index contributed by atoms with van der Waals surface area (Å²) in [5, 5.41) is 6.80. The highest BCUT2D eigenvalue weighted by Gasteiger charge is 2.13. The van der Waals surface area contributed by atoms with E-state index in [2.05, 4.69) is 25.5 Å². The lowest BCUT2D eigenvalue weighted by Crippen LogP contribution is -2.31. The summed E-state index contributed by atoms with van der Waals surface area (Å²) in [6.07, 6.45) is 4.00. The second-order valence-corrected chi connectivity index (χ2v) is 7.16. The minimum atomic E-state index is -0.0437. The molecule has 144 valence electrons. The first kappa shape index (κ1) is 19.4. The fourth-order valence-electron chi connectivity index (χ4n) is 3.20. The Morgan fingerprint density at radius 2 is 1.93 bits per heavy atom. The van der Waals surface area contributed by atoms with Crippen LogP contribution in [0.1, 0.15) is 30.7 Å². The molecule has 1 saturated heterocycles. The van der Waals surface area contributed by atoms with Crippen LogP contribution in [0.15, 0.2) is 30.3 Å². The van der Waals surface area contributed by atoms with Crippen LogP contribution in [0.5, 0.6) is 0 Å². The standard InChI is InChI=1S/C20H26ClN5O/c1-15-24-18(14-19(25-15)26-11-5-2-6-12-26)22-9-10-23-20(27)13-16-7-3-4-8-17(16)21/h3-4,7-8,14H,2,5-6,9-13H2,1H3,(H,23,27)(H,22,24,25). The number of nitrogens with zero attached hydrogens (tertiary/aromatic N) is 3. The number of nitrogens with one attached hydrogen (secondary N) is 2. The number of aryl methyl sites for hydroxylation is 1. The average molecular weight is 388 g/mol. The molecule has 0 atom stereocenters. The van der Waals surface area contributed by atoms with E-state index in [-0.39, 0.29) is 12.3 Å². The molecular formula is C20H26ClN5O. The molecule has 7 heteroatoms. The van der Waals surface area contributed by atoms with Gasteiger partial charge in [0.05, 0.1) is 6.42 Å². The second kappa shape index (κ2) is 9.55. The summed E-state index contributed by atoms with van der Waals surface area (Å²) in [7, 11) is 0. The van der Waals surface area contributed by atoms with Gasteiger partial charge < -0.3 is 15.5 Å². The van der Waals surface area contributed by atoms with Crippen molar-refractivity contribution in [2.45, 2.75) is 32.6 Å². The van der Waals surface area contributed by atoms with Gasteiger partial charge >= 0.3 is 0 Å². The lowest BCUT2D eigenvalue weighted by atomic mass is 10.1. The molecule has 0 aliphatic carbocycles. The molecule has 0 saturated carbocycles. The number of aromatic nitrogens is 2. The van der Waals surface area contributed by atoms with Crippen molar-refractivity contribution in [3.8, 4) is 0 Å². The Hall–Kier alpha value is -2.34. The van der Waals surface area contributed by atoms with Gasteiger partial charge in [0.2, 0.25) is 5.91 Å². The number of hydrogen-bond donors (Lipinski definition) is 2. The summed E-state index contributed by atoms with van der Waals surface area (Å²) in [6, 6.07) is 9.39. The van der Waals surface area contributed by atoms with E-state index in [4.69, 9.17) is 11.6 Å². The number of carbonyl (C=O) groups is 1. The van der Waals surface area contributed by atoms with Crippen molar-refractivity contribution in [1.82, 2.24) is 15.3 Å². The highest BCUT2D eigenvalue weighted by Crippen LogP contribution is 2.20. The van der Waals surface area contributed by atoms with Crippen LogP contribution in [0, 0.1) is 6.92 Å². The van der Waals surface area contributed by atoms with Crippen molar-refractivity contribution in [3.05, 3.63) is 46.7 Å². The summed E-state index contributed by atoms with van der Waals surface area (Å²) in [5.74, 6) is 2.48. The highest BCUT2D eigenvalue weighted by molar-refractivity contribution is 6.31. The number of benzene rings is 1. The van der Waals surface area contributed by atoms with E-state index in [0.29, 0.717) is 18.1 Å². The van der Waals surface area contributed by atoms with Crippen LogP contribution < -0.4 is 15.5 Å². The van der Waals surface area contributed by atoms with Crippen LogP contribution in [0.25, 0.3) is 0 Å². The van der Waals surface area contributed by atoms with Gasteiger partial charge in [-0.15, -0.1) is 0 Å². The van der Waals surface area contributed by atoms with Gasteiger partial charge in [0.15, 0.2) is 0 Å². The molecule has 1 aliphatic heterocycles. The maximum Gasteiger partial charge on any atom is 0.224 e. The van der Waals surface area contributed by atoms with Crippen LogP contribution in [0.2, 0.25) is 5.02 Å². The monoisotopic (exact) mass is 387 g/mol. The van der Waals surface area contributed by atoms with Gasteiger partial charge in [-0.1, -0.05) is 29.8 Å². The zero-order valence-corrected chi connectivity index (χ0v) is 16.4. The smallest absolute Gasteiger partial charge is 0.224 e. The van der Waals surface area contributed by atoms with Gasteiger partial charge in [-0.3, -0.25) is 4.79 Å². The van der Waals surface area contributed by atoms with E-state index < -0.39 is 0 Å². The molecule has 1 fully saturated rings. The number of halogens is 1. The van der Waals surface area contributed by atoms with Crippen molar-refractivity contribution in [2.24, 2.45) is 0 Å². The Morgan fingerprint density at radius 1 is 1.15 bits per heavy atom. The summed E-state index contributed by atoms with van der Waals surface area (Å²) in [6.45, 7) is 5.13. The van der Waals surface area contributed by atoms with Gasteiger partial charge in [0.25, 0.3) is 0 Å². The van der Waals surface area contributed by atoms with Crippen LogP contribution in [-0.4, -0.2) is 42.1 Å². The molecule has 2 N–H and O–H groups in total.